The molecule has 0 saturated carbocycles. The predicted molar refractivity (Wildman–Crippen MR) is 98.7 cm³/mol. The average Bonchev–Trinajstić information content (AvgIpc) is 3.06. The minimum Gasteiger partial charge on any atom is -0.356 e. The van der Waals surface area contributed by atoms with E-state index in [1.54, 1.807) is 4.90 Å². The molecule has 2 aromatic rings. The van der Waals surface area contributed by atoms with Crippen molar-refractivity contribution in [2.24, 2.45) is 0 Å². The Morgan fingerprint density at radius 1 is 1.37 bits per heavy atom. The van der Waals surface area contributed by atoms with Crippen molar-refractivity contribution in [2.45, 2.75) is 45.4 Å². The zero-order valence-corrected chi connectivity index (χ0v) is 15.8. The third-order valence-electron chi connectivity index (χ3n) is 4.51. The molecular formula is C19H25N5O3. The summed E-state index contributed by atoms with van der Waals surface area (Å²) in [7, 11) is 0. The summed E-state index contributed by atoms with van der Waals surface area (Å²) in [5, 5.41) is 9.73. The lowest BCUT2D eigenvalue weighted by Gasteiger charge is -2.42. The molecule has 2 atom stereocenters. The van der Waals surface area contributed by atoms with Gasteiger partial charge in [-0.2, -0.15) is 5.10 Å². The number of benzene rings is 1. The molecule has 2 N–H and O–H groups in total. The SMILES string of the molecule is Cc1nc(CCNC(=O)[C@H]2OCC(=O)N(C(C)C)[C@@H]2c2ccccc2)n[nH]1. The highest BCUT2D eigenvalue weighted by Crippen LogP contribution is 2.32. The van der Waals surface area contributed by atoms with Crippen LogP contribution in [0.5, 0.6) is 0 Å². The van der Waals surface area contributed by atoms with Crippen LogP contribution in [0.4, 0.5) is 0 Å². The first-order chi connectivity index (χ1) is 13.0. The second-order valence-corrected chi connectivity index (χ2v) is 6.86. The first-order valence-electron chi connectivity index (χ1n) is 9.10. The van der Waals surface area contributed by atoms with Gasteiger partial charge in [-0.15, -0.1) is 0 Å². The number of aromatic amines is 1. The van der Waals surface area contributed by atoms with Crippen molar-refractivity contribution < 1.29 is 14.3 Å². The quantitative estimate of drug-likeness (QED) is 0.793. The standard InChI is InChI=1S/C19H25N5O3/c1-12(2)24-16(25)11-27-18(17(24)14-7-5-4-6-8-14)19(26)20-10-9-15-21-13(3)22-23-15/h4-8,12,17-18H,9-11H2,1-3H3,(H,20,26)(H,21,22,23)/t17-,18+/m1/s1. The van der Waals surface area contributed by atoms with Gasteiger partial charge in [0, 0.05) is 19.0 Å². The van der Waals surface area contributed by atoms with Crippen molar-refractivity contribution in [3.05, 3.63) is 47.5 Å². The highest BCUT2D eigenvalue weighted by atomic mass is 16.5. The fraction of sp³-hybridized carbons (Fsp3) is 0.474. The summed E-state index contributed by atoms with van der Waals surface area (Å²) in [6, 6.07) is 9.03. The van der Waals surface area contributed by atoms with Crippen LogP contribution in [0.2, 0.25) is 0 Å². The summed E-state index contributed by atoms with van der Waals surface area (Å²) in [6.45, 7) is 6.01. The van der Waals surface area contributed by atoms with E-state index in [1.807, 2.05) is 51.1 Å². The Hall–Kier alpha value is -2.74. The molecule has 1 fully saturated rings. The lowest BCUT2D eigenvalue weighted by Crippen LogP contribution is -2.56. The molecule has 0 unspecified atom stereocenters. The second kappa shape index (κ2) is 8.30. The Morgan fingerprint density at radius 2 is 2.11 bits per heavy atom. The minimum atomic E-state index is -0.763. The molecule has 8 heteroatoms. The molecule has 144 valence electrons. The van der Waals surface area contributed by atoms with E-state index in [0.717, 1.165) is 11.4 Å². The summed E-state index contributed by atoms with van der Waals surface area (Å²) < 4.78 is 5.67. The summed E-state index contributed by atoms with van der Waals surface area (Å²) in [4.78, 5) is 31.2. The molecule has 0 spiro atoms. The van der Waals surface area contributed by atoms with Gasteiger partial charge in [0.25, 0.3) is 5.91 Å². The largest absolute Gasteiger partial charge is 0.356 e. The van der Waals surface area contributed by atoms with Crippen molar-refractivity contribution in [3.63, 3.8) is 0 Å². The molecule has 1 aromatic carbocycles. The molecule has 1 aliphatic rings. The molecule has 0 bridgehead atoms. The summed E-state index contributed by atoms with van der Waals surface area (Å²) in [5.41, 5.74) is 0.879. The van der Waals surface area contributed by atoms with Crippen LogP contribution in [0.3, 0.4) is 0 Å². The Morgan fingerprint density at radius 3 is 2.74 bits per heavy atom. The van der Waals surface area contributed by atoms with Crippen LogP contribution in [0.25, 0.3) is 0 Å². The molecule has 0 aliphatic carbocycles. The van der Waals surface area contributed by atoms with Gasteiger partial charge in [-0.05, 0) is 26.3 Å². The van der Waals surface area contributed by atoms with Crippen LogP contribution in [-0.2, 0) is 20.7 Å². The van der Waals surface area contributed by atoms with Gasteiger partial charge >= 0.3 is 0 Å². The van der Waals surface area contributed by atoms with Crippen LogP contribution in [0.1, 0.15) is 37.1 Å². The number of aryl methyl sites for hydroxylation is 1. The van der Waals surface area contributed by atoms with E-state index in [4.69, 9.17) is 4.74 Å². The number of rotatable bonds is 6. The fourth-order valence-corrected chi connectivity index (χ4v) is 3.34. The number of ether oxygens (including phenoxy) is 1. The van der Waals surface area contributed by atoms with Gasteiger partial charge < -0.3 is 15.0 Å². The van der Waals surface area contributed by atoms with Gasteiger partial charge in [-0.3, -0.25) is 14.7 Å². The number of amides is 2. The normalized spacial score (nSPS) is 20.1. The smallest absolute Gasteiger partial charge is 0.251 e. The van der Waals surface area contributed by atoms with Gasteiger partial charge in [0.15, 0.2) is 11.9 Å². The monoisotopic (exact) mass is 371 g/mol. The van der Waals surface area contributed by atoms with Gasteiger partial charge in [0.2, 0.25) is 5.91 Å². The van der Waals surface area contributed by atoms with Crippen molar-refractivity contribution >= 4 is 11.8 Å². The van der Waals surface area contributed by atoms with E-state index >= 15 is 0 Å². The molecular weight excluding hydrogens is 346 g/mol. The van der Waals surface area contributed by atoms with E-state index in [1.165, 1.54) is 0 Å². The molecule has 2 heterocycles. The first-order valence-corrected chi connectivity index (χ1v) is 9.10. The van der Waals surface area contributed by atoms with E-state index in [0.29, 0.717) is 18.8 Å². The minimum absolute atomic E-state index is 0.0434. The van der Waals surface area contributed by atoms with E-state index in [-0.39, 0.29) is 24.5 Å². The fourth-order valence-electron chi connectivity index (χ4n) is 3.34. The molecule has 1 aromatic heterocycles. The number of H-pyrrole nitrogens is 1. The lowest BCUT2D eigenvalue weighted by atomic mass is 9.96. The lowest BCUT2D eigenvalue weighted by molar-refractivity contribution is -0.167. The number of carbonyl (C=O) groups excluding carboxylic acids is 2. The van der Waals surface area contributed by atoms with Crippen molar-refractivity contribution in [2.75, 3.05) is 13.2 Å². The van der Waals surface area contributed by atoms with Crippen LogP contribution >= 0.6 is 0 Å². The first kappa shape index (κ1) is 19.0. The number of hydrogen-bond acceptors (Lipinski definition) is 5. The van der Waals surface area contributed by atoms with Crippen LogP contribution in [0.15, 0.2) is 30.3 Å². The molecule has 2 amide bonds. The Bertz CT molecular complexity index is 790. The number of carbonyl (C=O) groups is 2. The van der Waals surface area contributed by atoms with Crippen LogP contribution < -0.4 is 5.32 Å². The average molecular weight is 371 g/mol. The maximum atomic E-state index is 12.8. The summed E-state index contributed by atoms with van der Waals surface area (Å²) in [6.07, 6.45) is -0.243. The maximum Gasteiger partial charge on any atom is 0.251 e. The molecule has 1 aliphatic heterocycles. The topological polar surface area (TPSA) is 100 Å². The van der Waals surface area contributed by atoms with Crippen LogP contribution in [-0.4, -0.2) is 57.2 Å². The van der Waals surface area contributed by atoms with Crippen molar-refractivity contribution in [3.8, 4) is 0 Å². The van der Waals surface area contributed by atoms with Crippen molar-refractivity contribution in [1.82, 2.24) is 25.4 Å². The van der Waals surface area contributed by atoms with E-state index < -0.39 is 12.1 Å². The Kier molecular flexibility index (Phi) is 5.85. The molecule has 1 saturated heterocycles. The number of morpholine rings is 1. The zero-order valence-electron chi connectivity index (χ0n) is 15.8. The molecule has 27 heavy (non-hydrogen) atoms. The Balaban J connectivity index is 1.74. The van der Waals surface area contributed by atoms with Gasteiger partial charge in [-0.1, -0.05) is 30.3 Å². The third kappa shape index (κ3) is 4.33. The number of aromatic nitrogens is 3. The number of nitrogens with one attached hydrogen (secondary N) is 2. The predicted octanol–water partition coefficient (Wildman–Crippen LogP) is 1.15. The third-order valence-corrected chi connectivity index (χ3v) is 4.51. The summed E-state index contributed by atoms with van der Waals surface area (Å²) >= 11 is 0. The highest BCUT2D eigenvalue weighted by molar-refractivity contribution is 5.86. The zero-order chi connectivity index (χ0) is 19.4. The van der Waals surface area contributed by atoms with Crippen LogP contribution in [0, 0.1) is 6.92 Å². The Labute approximate surface area is 158 Å². The highest BCUT2D eigenvalue weighted by Gasteiger charge is 2.42. The second-order valence-electron chi connectivity index (χ2n) is 6.86. The van der Waals surface area contributed by atoms with E-state index in [9.17, 15) is 9.59 Å². The number of nitrogens with zero attached hydrogens (tertiary/aromatic N) is 3. The molecule has 8 nitrogen and oxygen atoms in total. The maximum absolute atomic E-state index is 12.8. The summed E-state index contributed by atoms with van der Waals surface area (Å²) in [5.74, 6) is 1.03. The van der Waals surface area contributed by atoms with E-state index in [2.05, 4.69) is 20.5 Å². The van der Waals surface area contributed by atoms with Gasteiger partial charge in [0.1, 0.15) is 12.4 Å². The van der Waals surface area contributed by atoms with Gasteiger partial charge in [-0.25, -0.2) is 4.98 Å². The van der Waals surface area contributed by atoms with Crippen molar-refractivity contribution in [1.29, 1.82) is 0 Å². The molecule has 0 radical (unpaired) electrons. The van der Waals surface area contributed by atoms with Gasteiger partial charge in [0.05, 0.1) is 6.04 Å². The molecule has 3 rings (SSSR count). The number of hydrogen-bond donors (Lipinski definition) is 2.